The normalized spacial score (nSPS) is 15.3. The molecule has 0 bridgehead atoms. The molecule has 1 radical (unpaired) electrons. The lowest BCUT2D eigenvalue weighted by Gasteiger charge is -2.41. The number of H-pyrrole nitrogens is 1. The van der Waals surface area contributed by atoms with Crippen LogP contribution in [-0.2, 0) is 5.41 Å². The molecule has 3 heterocycles. The van der Waals surface area contributed by atoms with Crippen LogP contribution in [0.25, 0.3) is 22.2 Å². The van der Waals surface area contributed by atoms with Crippen molar-refractivity contribution in [1.29, 1.82) is 0 Å². The van der Waals surface area contributed by atoms with E-state index in [0.29, 0.717) is 0 Å². The van der Waals surface area contributed by atoms with E-state index in [1.165, 1.54) is 6.42 Å². The molecule has 6 nitrogen and oxygen atoms in total. The highest BCUT2D eigenvalue weighted by Crippen LogP contribution is 2.46. The Labute approximate surface area is 163 Å². The maximum absolute atomic E-state index is 5.23. The minimum atomic E-state index is -0.0582. The first-order valence-corrected chi connectivity index (χ1v) is 9.39. The standard InChI is InChI=1S/C22H20N5O/c1-28-18-6-8-21(23-14-18)22(9-2-10-22)12-17-5-7-19(27-25-17)15-3-4-16-13-24-26-20(16)11-15/h3-8,11-14H,2,9-10H2,1H3,(H,24,26). The van der Waals surface area contributed by atoms with Gasteiger partial charge in [0.2, 0.25) is 0 Å². The van der Waals surface area contributed by atoms with Crippen LogP contribution in [0.1, 0.15) is 30.7 Å². The molecule has 1 aliphatic rings. The third-order valence-electron chi connectivity index (χ3n) is 5.57. The number of hydrogen-bond acceptors (Lipinski definition) is 5. The van der Waals surface area contributed by atoms with Gasteiger partial charge in [0.15, 0.2) is 0 Å². The van der Waals surface area contributed by atoms with Gasteiger partial charge in [-0.05, 0) is 43.2 Å². The summed E-state index contributed by atoms with van der Waals surface area (Å²) in [6, 6.07) is 14.2. The second-order valence-corrected chi connectivity index (χ2v) is 7.25. The van der Waals surface area contributed by atoms with Crippen molar-refractivity contribution in [2.75, 3.05) is 7.11 Å². The molecule has 6 heteroatoms. The third kappa shape index (κ3) is 2.91. The third-order valence-corrected chi connectivity index (χ3v) is 5.57. The average molecular weight is 370 g/mol. The number of benzene rings is 1. The van der Waals surface area contributed by atoms with Crippen molar-refractivity contribution in [3.05, 3.63) is 72.7 Å². The summed E-state index contributed by atoms with van der Waals surface area (Å²) < 4.78 is 5.23. The predicted molar refractivity (Wildman–Crippen MR) is 107 cm³/mol. The summed E-state index contributed by atoms with van der Waals surface area (Å²) in [5, 5.41) is 17.1. The van der Waals surface area contributed by atoms with Crippen molar-refractivity contribution >= 4 is 10.9 Å². The number of aromatic amines is 1. The Hall–Kier alpha value is -3.28. The SMILES string of the molecule is COc1ccc(C2([CH]c3ccc(-c4ccc5cn[nH]c5c4)nn3)CCC2)nc1. The molecule has 4 aromatic rings. The van der Waals surface area contributed by atoms with Crippen LogP contribution in [0, 0.1) is 6.42 Å². The topological polar surface area (TPSA) is 76.6 Å². The van der Waals surface area contributed by atoms with Gasteiger partial charge in [0, 0.05) is 28.5 Å². The number of nitrogens with one attached hydrogen (secondary N) is 1. The highest BCUT2D eigenvalue weighted by atomic mass is 16.5. The molecule has 3 aromatic heterocycles. The van der Waals surface area contributed by atoms with Crippen molar-refractivity contribution in [3.63, 3.8) is 0 Å². The quantitative estimate of drug-likeness (QED) is 0.572. The number of nitrogens with zero attached hydrogens (tertiary/aromatic N) is 4. The van der Waals surface area contributed by atoms with E-state index in [-0.39, 0.29) is 5.41 Å². The smallest absolute Gasteiger partial charge is 0.137 e. The van der Waals surface area contributed by atoms with E-state index in [0.717, 1.165) is 52.1 Å². The highest BCUT2D eigenvalue weighted by molar-refractivity contribution is 5.82. The van der Waals surface area contributed by atoms with E-state index >= 15 is 0 Å². The van der Waals surface area contributed by atoms with Crippen LogP contribution in [-0.4, -0.2) is 32.5 Å². The Morgan fingerprint density at radius 3 is 2.64 bits per heavy atom. The first-order valence-electron chi connectivity index (χ1n) is 9.39. The van der Waals surface area contributed by atoms with Gasteiger partial charge in [-0.1, -0.05) is 18.6 Å². The van der Waals surface area contributed by atoms with Crippen molar-refractivity contribution in [2.45, 2.75) is 24.7 Å². The van der Waals surface area contributed by atoms with Crippen LogP contribution in [0.3, 0.4) is 0 Å². The Kier molecular flexibility index (Phi) is 4.04. The lowest BCUT2D eigenvalue weighted by Crippen LogP contribution is -2.36. The molecule has 1 saturated carbocycles. The summed E-state index contributed by atoms with van der Waals surface area (Å²) in [7, 11) is 1.66. The van der Waals surface area contributed by atoms with Gasteiger partial charge in [-0.3, -0.25) is 10.1 Å². The maximum atomic E-state index is 5.23. The summed E-state index contributed by atoms with van der Waals surface area (Å²) in [6.45, 7) is 0. The zero-order valence-corrected chi connectivity index (χ0v) is 15.6. The first kappa shape index (κ1) is 16.9. The zero-order valence-electron chi connectivity index (χ0n) is 15.6. The van der Waals surface area contributed by atoms with E-state index in [4.69, 9.17) is 4.74 Å². The molecule has 0 unspecified atom stereocenters. The molecule has 139 valence electrons. The van der Waals surface area contributed by atoms with Crippen LogP contribution in [0.15, 0.2) is 54.9 Å². The van der Waals surface area contributed by atoms with Gasteiger partial charge in [0.25, 0.3) is 0 Å². The summed E-state index contributed by atoms with van der Waals surface area (Å²) in [5.74, 6) is 0.775. The molecule has 0 spiro atoms. The fourth-order valence-electron chi connectivity index (χ4n) is 3.78. The molecule has 1 aromatic carbocycles. The fraction of sp³-hybridized carbons (Fsp3) is 0.227. The van der Waals surface area contributed by atoms with Crippen LogP contribution < -0.4 is 4.74 Å². The average Bonchev–Trinajstić information content (AvgIpc) is 3.19. The van der Waals surface area contributed by atoms with E-state index in [9.17, 15) is 0 Å². The van der Waals surface area contributed by atoms with Crippen LogP contribution in [0.2, 0.25) is 0 Å². The number of hydrogen-bond donors (Lipinski definition) is 1. The molecule has 1 N–H and O–H groups in total. The van der Waals surface area contributed by atoms with Gasteiger partial charge in [0.05, 0.1) is 36.4 Å². The second kappa shape index (κ2) is 6.71. The number of rotatable bonds is 5. The summed E-state index contributed by atoms with van der Waals surface area (Å²) in [5.41, 5.74) is 4.75. The molecule has 0 amide bonds. The van der Waals surface area contributed by atoms with Gasteiger partial charge in [-0.25, -0.2) is 0 Å². The Bertz CT molecular complexity index is 1100. The van der Waals surface area contributed by atoms with E-state index in [1.807, 2.05) is 42.6 Å². The van der Waals surface area contributed by atoms with Gasteiger partial charge in [-0.2, -0.15) is 15.3 Å². The largest absolute Gasteiger partial charge is 0.495 e. The summed E-state index contributed by atoms with van der Waals surface area (Å²) >= 11 is 0. The number of aromatic nitrogens is 5. The van der Waals surface area contributed by atoms with Crippen molar-refractivity contribution in [2.24, 2.45) is 0 Å². The molecule has 5 rings (SSSR count). The van der Waals surface area contributed by atoms with Crippen molar-refractivity contribution in [3.8, 4) is 17.0 Å². The molecular formula is C22H20N5O. The number of fused-ring (bicyclic) bond motifs is 1. The number of methoxy groups -OCH3 is 1. The first-order chi connectivity index (χ1) is 13.8. The zero-order chi connectivity index (χ0) is 19.0. The highest BCUT2D eigenvalue weighted by Gasteiger charge is 2.40. The number of ether oxygens (including phenoxy) is 1. The summed E-state index contributed by atoms with van der Waals surface area (Å²) in [4.78, 5) is 4.62. The van der Waals surface area contributed by atoms with Crippen molar-refractivity contribution < 1.29 is 4.74 Å². The molecule has 0 aliphatic heterocycles. The fourth-order valence-corrected chi connectivity index (χ4v) is 3.78. The monoisotopic (exact) mass is 370 g/mol. The lowest BCUT2D eigenvalue weighted by molar-refractivity contribution is 0.284. The van der Waals surface area contributed by atoms with Gasteiger partial charge in [-0.15, -0.1) is 0 Å². The van der Waals surface area contributed by atoms with E-state index < -0.39 is 0 Å². The minimum absolute atomic E-state index is 0.0582. The second-order valence-electron chi connectivity index (χ2n) is 7.25. The van der Waals surface area contributed by atoms with Gasteiger partial charge >= 0.3 is 0 Å². The van der Waals surface area contributed by atoms with Crippen LogP contribution >= 0.6 is 0 Å². The van der Waals surface area contributed by atoms with Gasteiger partial charge in [0.1, 0.15) is 5.75 Å². The van der Waals surface area contributed by atoms with Gasteiger partial charge < -0.3 is 4.74 Å². The Morgan fingerprint density at radius 1 is 1.04 bits per heavy atom. The lowest BCUT2D eigenvalue weighted by atomic mass is 9.64. The van der Waals surface area contributed by atoms with E-state index in [1.54, 1.807) is 13.3 Å². The van der Waals surface area contributed by atoms with E-state index in [2.05, 4.69) is 37.9 Å². The predicted octanol–water partition coefficient (Wildman–Crippen LogP) is 4.10. The summed E-state index contributed by atoms with van der Waals surface area (Å²) in [6.07, 6.45) is 9.15. The minimum Gasteiger partial charge on any atom is -0.495 e. The maximum Gasteiger partial charge on any atom is 0.137 e. The Balaban J connectivity index is 1.38. The van der Waals surface area contributed by atoms with Crippen LogP contribution in [0.4, 0.5) is 0 Å². The van der Waals surface area contributed by atoms with Crippen molar-refractivity contribution in [1.82, 2.24) is 25.4 Å². The van der Waals surface area contributed by atoms with Crippen LogP contribution in [0.5, 0.6) is 5.75 Å². The molecular weight excluding hydrogens is 350 g/mol. The number of pyridine rings is 1. The molecule has 28 heavy (non-hydrogen) atoms. The molecule has 1 aliphatic carbocycles. The molecule has 1 fully saturated rings. The molecule has 0 saturated heterocycles. The Morgan fingerprint density at radius 2 is 1.96 bits per heavy atom. The molecule has 0 atom stereocenters.